The SMILES string of the molecule is CC1(C)c2ccccc2-c2cccc(-c3ccc4c(c3)c3c(-c5cccc(-c6ccc7c8ccccc8c8ccccc8c7n6)c5)cccc3n4-c3ccccc3)c21. The third-order valence-corrected chi connectivity index (χ3v) is 12.7. The molecular weight excluding hydrogens is 701 g/mol. The first kappa shape index (κ1) is 32.9. The van der Waals surface area contributed by atoms with Gasteiger partial charge in [-0.15, -0.1) is 0 Å². The standard InChI is InChI=1S/C56H38N2/c1-56(2)49-27-11-10-22-44(49)45-26-13-25-40(54(45)56)36-29-32-51-48(34-36)53-39(24-14-28-52(53)58(51)38-17-4-3-5-18-38)35-15-12-16-37(33-35)50-31-30-47-43-21-7-6-19-41(43)42-20-8-9-23-46(42)55(47)57-50/h3-34H,1-2H3. The van der Waals surface area contributed by atoms with Crippen LogP contribution in [0.15, 0.2) is 194 Å². The lowest BCUT2D eigenvalue weighted by Crippen LogP contribution is -2.16. The first-order valence-corrected chi connectivity index (χ1v) is 20.2. The average molecular weight is 739 g/mol. The highest BCUT2D eigenvalue weighted by Gasteiger charge is 2.37. The minimum absolute atomic E-state index is 0.114. The van der Waals surface area contributed by atoms with Gasteiger partial charge in [-0.2, -0.15) is 0 Å². The fourth-order valence-corrected chi connectivity index (χ4v) is 10.2. The van der Waals surface area contributed by atoms with Crippen molar-refractivity contribution in [2.75, 3.05) is 0 Å². The van der Waals surface area contributed by atoms with E-state index in [9.17, 15) is 0 Å². The number of benzene rings is 9. The largest absolute Gasteiger partial charge is 0.309 e. The van der Waals surface area contributed by atoms with Gasteiger partial charge in [-0.1, -0.05) is 159 Å². The summed E-state index contributed by atoms with van der Waals surface area (Å²) in [6.07, 6.45) is 0. The van der Waals surface area contributed by atoms with E-state index < -0.39 is 0 Å². The predicted octanol–water partition coefficient (Wildman–Crippen LogP) is 14.9. The number of rotatable bonds is 4. The van der Waals surface area contributed by atoms with Crippen molar-refractivity contribution in [3.8, 4) is 50.3 Å². The summed E-state index contributed by atoms with van der Waals surface area (Å²) in [5.74, 6) is 0. The van der Waals surface area contributed by atoms with Gasteiger partial charge in [0.2, 0.25) is 0 Å². The third kappa shape index (κ3) is 4.69. The van der Waals surface area contributed by atoms with E-state index in [4.69, 9.17) is 4.98 Å². The van der Waals surface area contributed by atoms with Crippen LogP contribution in [0.4, 0.5) is 0 Å². The Morgan fingerprint density at radius 1 is 0.397 bits per heavy atom. The van der Waals surface area contributed by atoms with Crippen LogP contribution in [-0.4, -0.2) is 9.55 Å². The Labute approximate surface area is 337 Å². The maximum atomic E-state index is 5.41. The molecule has 0 saturated heterocycles. The van der Waals surface area contributed by atoms with Crippen LogP contribution >= 0.6 is 0 Å². The van der Waals surface area contributed by atoms with E-state index in [1.54, 1.807) is 0 Å². The van der Waals surface area contributed by atoms with Crippen LogP contribution in [0.3, 0.4) is 0 Å². The first-order chi connectivity index (χ1) is 28.5. The molecular formula is C56H38N2. The number of pyridine rings is 1. The van der Waals surface area contributed by atoms with E-state index in [-0.39, 0.29) is 5.41 Å². The molecule has 12 rings (SSSR count). The van der Waals surface area contributed by atoms with Gasteiger partial charge in [0.15, 0.2) is 0 Å². The second-order valence-corrected chi connectivity index (χ2v) is 16.3. The van der Waals surface area contributed by atoms with Gasteiger partial charge in [-0.05, 0) is 109 Å². The van der Waals surface area contributed by atoms with Gasteiger partial charge < -0.3 is 4.57 Å². The molecule has 2 aromatic heterocycles. The Kier molecular flexibility index (Phi) is 7.01. The highest BCUT2D eigenvalue weighted by Crippen LogP contribution is 2.52. The molecule has 0 unspecified atom stereocenters. The molecule has 2 heterocycles. The maximum absolute atomic E-state index is 5.41. The van der Waals surface area contributed by atoms with Crippen molar-refractivity contribution in [1.82, 2.24) is 9.55 Å². The molecule has 0 N–H and O–H groups in total. The molecule has 0 aliphatic heterocycles. The number of para-hydroxylation sites is 1. The second kappa shape index (κ2) is 12.4. The van der Waals surface area contributed by atoms with E-state index >= 15 is 0 Å². The van der Waals surface area contributed by atoms with E-state index in [1.165, 1.54) is 93.2 Å². The minimum atomic E-state index is -0.114. The zero-order valence-corrected chi connectivity index (χ0v) is 32.4. The van der Waals surface area contributed by atoms with Gasteiger partial charge in [-0.3, -0.25) is 0 Å². The Hall–Kier alpha value is -7.29. The Bertz CT molecular complexity index is 3440. The van der Waals surface area contributed by atoms with E-state index in [2.05, 4.69) is 213 Å². The number of aromatic nitrogens is 2. The molecule has 0 fully saturated rings. The molecule has 0 saturated carbocycles. The molecule has 0 amide bonds. The fourth-order valence-electron chi connectivity index (χ4n) is 10.2. The normalized spacial score (nSPS) is 13.1. The van der Waals surface area contributed by atoms with Gasteiger partial charge in [0, 0.05) is 38.2 Å². The smallest absolute Gasteiger partial charge is 0.0794 e. The minimum Gasteiger partial charge on any atom is -0.309 e. The van der Waals surface area contributed by atoms with Crippen molar-refractivity contribution < 1.29 is 0 Å². The molecule has 11 aromatic rings. The van der Waals surface area contributed by atoms with Gasteiger partial charge in [0.1, 0.15) is 0 Å². The summed E-state index contributed by atoms with van der Waals surface area (Å²) in [4.78, 5) is 5.41. The lowest BCUT2D eigenvalue weighted by Gasteiger charge is -2.24. The predicted molar refractivity (Wildman–Crippen MR) is 245 cm³/mol. The van der Waals surface area contributed by atoms with Crippen molar-refractivity contribution in [2.24, 2.45) is 0 Å². The quantitative estimate of drug-likeness (QED) is 0.164. The molecule has 0 radical (unpaired) electrons. The van der Waals surface area contributed by atoms with Crippen molar-refractivity contribution in [3.63, 3.8) is 0 Å². The Morgan fingerprint density at radius 2 is 1.00 bits per heavy atom. The molecule has 58 heavy (non-hydrogen) atoms. The lowest BCUT2D eigenvalue weighted by molar-refractivity contribution is 0.662. The lowest BCUT2D eigenvalue weighted by atomic mass is 9.79. The molecule has 272 valence electrons. The highest BCUT2D eigenvalue weighted by molar-refractivity contribution is 6.24. The van der Waals surface area contributed by atoms with Gasteiger partial charge >= 0.3 is 0 Å². The molecule has 2 nitrogen and oxygen atoms in total. The first-order valence-electron chi connectivity index (χ1n) is 20.2. The van der Waals surface area contributed by atoms with Crippen LogP contribution in [0, 0.1) is 0 Å². The topological polar surface area (TPSA) is 17.8 Å². The summed E-state index contributed by atoms with van der Waals surface area (Å²) >= 11 is 0. The van der Waals surface area contributed by atoms with Crippen molar-refractivity contribution in [2.45, 2.75) is 19.3 Å². The zero-order chi connectivity index (χ0) is 38.5. The van der Waals surface area contributed by atoms with Crippen LogP contribution < -0.4 is 0 Å². The third-order valence-electron chi connectivity index (χ3n) is 12.7. The number of fused-ring (bicyclic) bond motifs is 12. The van der Waals surface area contributed by atoms with Crippen LogP contribution in [0.1, 0.15) is 25.0 Å². The van der Waals surface area contributed by atoms with Gasteiger partial charge in [-0.25, -0.2) is 4.98 Å². The fraction of sp³-hybridized carbons (Fsp3) is 0.0536. The van der Waals surface area contributed by atoms with Crippen molar-refractivity contribution in [3.05, 3.63) is 205 Å². The van der Waals surface area contributed by atoms with Crippen LogP contribution in [0.5, 0.6) is 0 Å². The Morgan fingerprint density at radius 3 is 1.83 bits per heavy atom. The van der Waals surface area contributed by atoms with Crippen LogP contribution in [-0.2, 0) is 5.41 Å². The second-order valence-electron chi connectivity index (χ2n) is 16.3. The summed E-state index contributed by atoms with van der Waals surface area (Å²) in [6, 6.07) is 71.2. The average Bonchev–Trinajstić information content (AvgIpc) is 3.75. The maximum Gasteiger partial charge on any atom is 0.0794 e. The summed E-state index contributed by atoms with van der Waals surface area (Å²) in [5, 5.41) is 8.58. The van der Waals surface area contributed by atoms with Crippen LogP contribution in [0.2, 0.25) is 0 Å². The van der Waals surface area contributed by atoms with Crippen LogP contribution in [0.25, 0.3) is 105 Å². The summed E-state index contributed by atoms with van der Waals surface area (Å²) in [5.41, 5.74) is 16.9. The molecule has 2 heteroatoms. The molecule has 9 aromatic carbocycles. The molecule has 0 atom stereocenters. The summed E-state index contributed by atoms with van der Waals surface area (Å²) in [6.45, 7) is 4.75. The highest BCUT2D eigenvalue weighted by atomic mass is 15.0. The number of nitrogens with zero attached hydrogens (tertiary/aromatic N) is 2. The van der Waals surface area contributed by atoms with Gasteiger partial charge in [0.05, 0.1) is 22.2 Å². The van der Waals surface area contributed by atoms with Gasteiger partial charge in [0.25, 0.3) is 0 Å². The van der Waals surface area contributed by atoms with Crippen molar-refractivity contribution in [1.29, 1.82) is 0 Å². The Balaban J connectivity index is 1.07. The summed E-state index contributed by atoms with van der Waals surface area (Å²) in [7, 11) is 0. The number of hydrogen-bond acceptors (Lipinski definition) is 1. The number of hydrogen-bond donors (Lipinski definition) is 0. The zero-order valence-electron chi connectivity index (χ0n) is 32.4. The van der Waals surface area contributed by atoms with Crippen molar-refractivity contribution >= 4 is 54.3 Å². The molecule has 1 aliphatic carbocycles. The van der Waals surface area contributed by atoms with E-state index in [0.29, 0.717) is 0 Å². The molecule has 0 spiro atoms. The monoisotopic (exact) mass is 738 g/mol. The van der Waals surface area contributed by atoms with E-state index in [0.717, 1.165) is 22.5 Å². The molecule has 1 aliphatic rings. The summed E-state index contributed by atoms with van der Waals surface area (Å²) < 4.78 is 2.43. The molecule has 0 bridgehead atoms. The van der Waals surface area contributed by atoms with E-state index in [1.807, 2.05) is 0 Å².